The Morgan fingerprint density at radius 2 is 2.12 bits per heavy atom. The van der Waals surface area contributed by atoms with E-state index in [9.17, 15) is 13.2 Å². The van der Waals surface area contributed by atoms with Gasteiger partial charge in [0.2, 0.25) is 11.0 Å². The third-order valence-corrected chi connectivity index (χ3v) is 3.36. The van der Waals surface area contributed by atoms with Crippen LogP contribution in [0.5, 0.6) is 0 Å². The first kappa shape index (κ1) is 11.6. The molecule has 0 unspecified atom stereocenters. The number of anilines is 1. The van der Waals surface area contributed by atoms with Gasteiger partial charge in [0.05, 0.1) is 0 Å². The number of aromatic nitrogens is 2. The van der Waals surface area contributed by atoms with Crippen LogP contribution in [0.4, 0.5) is 18.3 Å². The van der Waals surface area contributed by atoms with Gasteiger partial charge in [0.1, 0.15) is 0 Å². The zero-order valence-electron chi connectivity index (χ0n) is 8.34. The van der Waals surface area contributed by atoms with Gasteiger partial charge in [-0.1, -0.05) is 0 Å². The third kappa shape index (κ3) is 2.43. The number of hydrogen-bond acceptors (Lipinski definition) is 5. The van der Waals surface area contributed by atoms with Crippen molar-refractivity contribution in [1.29, 1.82) is 0 Å². The molecule has 0 amide bonds. The van der Waals surface area contributed by atoms with E-state index in [4.69, 9.17) is 5.73 Å². The molecule has 16 heavy (non-hydrogen) atoms. The molecule has 1 aromatic heterocycles. The van der Waals surface area contributed by atoms with Crippen molar-refractivity contribution in [2.24, 2.45) is 11.1 Å². The smallest absolute Gasteiger partial charge is 0.360 e. The van der Waals surface area contributed by atoms with Crippen LogP contribution >= 0.6 is 11.5 Å². The van der Waals surface area contributed by atoms with Gasteiger partial charge in [-0.2, -0.15) is 22.5 Å². The standard InChI is InChI=1S/C8H11F3N4S/c9-8(10,11)5-14-6(16-15-5)13-4-7(3-12)1-2-7/h1-4,12H2,(H,13,14,15). The Kier molecular flexibility index (Phi) is 2.79. The van der Waals surface area contributed by atoms with Gasteiger partial charge in [-0.25, -0.2) is 0 Å². The van der Waals surface area contributed by atoms with Gasteiger partial charge in [0.25, 0.3) is 0 Å². The molecule has 1 saturated carbocycles. The molecule has 0 spiro atoms. The maximum Gasteiger partial charge on any atom is 0.452 e. The van der Waals surface area contributed by atoms with Gasteiger partial charge in [-0.15, -0.1) is 0 Å². The van der Waals surface area contributed by atoms with Crippen LogP contribution in [0.25, 0.3) is 0 Å². The molecule has 8 heteroatoms. The van der Waals surface area contributed by atoms with Gasteiger partial charge in [-0.3, -0.25) is 0 Å². The quantitative estimate of drug-likeness (QED) is 0.856. The van der Waals surface area contributed by atoms with Crippen LogP contribution in [0.15, 0.2) is 0 Å². The topological polar surface area (TPSA) is 63.8 Å². The molecule has 4 nitrogen and oxygen atoms in total. The van der Waals surface area contributed by atoms with Crippen molar-refractivity contribution >= 4 is 16.7 Å². The van der Waals surface area contributed by atoms with Gasteiger partial charge in [0.15, 0.2) is 0 Å². The zero-order valence-corrected chi connectivity index (χ0v) is 9.16. The summed E-state index contributed by atoms with van der Waals surface area (Å²) in [5.74, 6) is -1.09. The molecule has 1 heterocycles. The lowest BCUT2D eigenvalue weighted by molar-refractivity contribution is -0.144. The van der Waals surface area contributed by atoms with E-state index in [1.807, 2.05) is 0 Å². The van der Waals surface area contributed by atoms with E-state index in [0.29, 0.717) is 13.1 Å². The molecule has 1 aliphatic carbocycles. The molecule has 0 aliphatic heterocycles. The fourth-order valence-electron chi connectivity index (χ4n) is 1.30. The summed E-state index contributed by atoms with van der Waals surface area (Å²) in [4.78, 5) is 3.38. The summed E-state index contributed by atoms with van der Waals surface area (Å²) < 4.78 is 39.8. The molecular formula is C8H11F3N4S. The van der Waals surface area contributed by atoms with E-state index >= 15 is 0 Å². The van der Waals surface area contributed by atoms with E-state index in [1.54, 1.807) is 0 Å². The number of nitrogens with zero attached hydrogens (tertiary/aromatic N) is 2. The Balaban J connectivity index is 1.93. The predicted molar refractivity (Wildman–Crippen MR) is 54.1 cm³/mol. The van der Waals surface area contributed by atoms with Gasteiger partial charge in [0, 0.05) is 18.1 Å². The van der Waals surface area contributed by atoms with Crippen LogP contribution in [0.1, 0.15) is 18.7 Å². The van der Waals surface area contributed by atoms with E-state index in [0.717, 1.165) is 24.4 Å². The van der Waals surface area contributed by atoms with E-state index < -0.39 is 12.0 Å². The lowest BCUT2D eigenvalue weighted by Crippen LogP contribution is -2.24. The van der Waals surface area contributed by atoms with Gasteiger partial charge < -0.3 is 11.1 Å². The highest BCUT2D eigenvalue weighted by atomic mass is 32.1. The summed E-state index contributed by atoms with van der Waals surface area (Å²) >= 11 is 0.722. The van der Waals surface area contributed by atoms with Crippen molar-refractivity contribution in [2.45, 2.75) is 19.0 Å². The van der Waals surface area contributed by atoms with Crippen LogP contribution in [0.3, 0.4) is 0 Å². The number of alkyl halides is 3. The fraction of sp³-hybridized carbons (Fsp3) is 0.750. The fourth-order valence-corrected chi connectivity index (χ4v) is 1.88. The second-order valence-electron chi connectivity index (χ2n) is 3.98. The number of rotatable bonds is 4. The average Bonchev–Trinajstić information content (AvgIpc) is 2.83. The predicted octanol–water partition coefficient (Wildman–Crippen LogP) is 1.71. The molecule has 90 valence electrons. The van der Waals surface area contributed by atoms with Crippen molar-refractivity contribution < 1.29 is 13.2 Å². The lowest BCUT2D eigenvalue weighted by atomic mass is 10.1. The molecule has 1 aliphatic rings. The maximum atomic E-state index is 12.2. The molecule has 3 N–H and O–H groups in total. The van der Waals surface area contributed by atoms with E-state index in [2.05, 4.69) is 14.7 Å². The zero-order chi connectivity index (χ0) is 11.8. The third-order valence-electron chi connectivity index (χ3n) is 2.68. The van der Waals surface area contributed by atoms with Crippen molar-refractivity contribution in [3.05, 3.63) is 5.82 Å². The average molecular weight is 252 g/mol. The summed E-state index contributed by atoms with van der Waals surface area (Å²) in [6, 6.07) is 0. The summed E-state index contributed by atoms with van der Waals surface area (Å²) in [5.41, 5.74) is 5.61. The first-order chi connectivity index (χ1) is 7.45. The Hall–Kier alpha value is -0.890. The first-order valence-corrected chi connectivity index (χ1v) is 5.57. The summed E-state index contributed by atoms with van der Waals surface area (Å²) in [5, 5.41) is 3.06. The number of hydrogen-bond donors (Lipinski definition) is 2. The molecule has 0 bridgehead atoms. The Morgan fingerprint density at radius 1 is 1.44 bits per heavy atom. The minimum Gasteiger partial charge on any atom is -0.360 e. The highest BCUT2D eigenvalue weighted by molar-refractivity contribution is 7.09. The van der Waals surface area contributed by atoms with Gasteiger partial charge in [-0.05, 0) is 24.8 Å². The van der Waals surface area contributed by atoms with Crippen molar-refractivity contribution in [2.75, 3.05) is 18.4 Å². The molecule has 0 saturated heterocycles. The van der Waals surface area contributed by atoms with Crippen LogP contribution in [-0.2, 0) is 6.18 Å². The molecule has 1 fully saturated rings. The minimum atomic E-state index is -4.47. The molecule has 0 radical (unpaired) electrons. The van der Waals surface area contributed by atoms with Crippen LogP contribution in [0.2, 0.25) is 0 Å². The minimum absolute atomic E-state index is 0.0596. The molecule has 0 aromatic carbocycles. The largest absolute Gasteiger partial charge is 0.452 e. The van der Waals surface area contributed by atoms with E-state index in [1.165, 1.54) is 0 Å². The number of nitrogens with two attached hydrogens (primary N) is 1. The highest BCUT2D eigenvalue weighted by Crippen LogP contribution is 2.44. The van der Waals surface area contributed by atoms with Crippen LogP contribution in [0, 0.1) is 5.41 Å². The highest BCUT2D eigenvalue weighted by Gasteiger charge is 2.41. The monoisotopic (exact) mass is 252 g/mol. The normalized spacial score (nSPS) is 18.5. The molecule has 2 rings (SSSR count). The van der Waals surface area contributed by atoms with E-state index in [-0.39, 0.29) is 10.5 Å². The molecule has 0 atom stereocenters. The second-order valence-corrected chi connectivity index (χ2v) is 4.73. The first-order valence-electron chi connectivity index (χ1n) is 4.80. The SMILES string of the molecule is NCC1(CNc2nc(C(F)(F)F)ns2)CC1. The Bertz CT molecular complexity index is 372. The maximum absolute atomic E-state index is 12.2. The summed E-state index contributed by atoms with van der Waals surface area (Å²) in [6.07, 6.45) is -2.44. The number of nitrogens with one attached hydrogen (secondary N) is 1. The summed E-state index contributed by atoms with van der Waals surface area (Å²) in [6.45, 7) is 1.11. The van der Waals surface area contributed by atoms with Crippen molar-refractivity contribution in [1.82, 2.24) is 9.36 Å². The van der Waals surface area contributed by atoms with Crippen LogP contribution in [-0.4, -0.2) is 22.4 Å². The lowest BCUT2D eigenvalue weighted by Gasteiger charge is -2.11. The van der Waals surface area contributed by atoms with Crippen LogP contribution < -0.4 is 11.1 Å². The Morgan fingerprint density at radius 3 is 2.56 bits per heavy atom. The summed E-state index contributed by atoms with van der Waals surface area (Å²) in [7, 11) is 0. The number of halogens is 3. The Labute approximate surface area is 94.2 Å². The second kappa shape index (κ2) is 3.85. The van der Waals surface area contributed by atoms with Crippen molar-refractivity contribution in [3.63, 3.8) is 0 Å². The van der Waals surface area contributed by atoms with Gasteiger partial charge >= 0.3 is 6.18 Å². The molecular weight excluding hydrogens is 241 g/mol. The van der Waals surface area contributed by atoms with Crippen molar-refractivity contribution in [3.8, 4) is 0 Å². The molecule has 1 aromatic rings.